The van der Waals surface area contributed by atoms with Crippen LogP contribution in [0.4, 0.5) is 0 Å². The Kier molecular flexibility index (Phi) is 5.75. The van der Waals surface area contributed by atoms with Gasteiger partial charge < -0.3 is 14.2 Å². The summed E-state index contributed by atoms with van der Waals surface area (Å²) in [5, 5.41) is 7.80. The standard InChI is InChI=1S/C17H21ClN4O2S/c1-21-16(19-20-17(21)25)12-6-9-22(10-7-12)15(23)8-11-24-14-4-2-13(18)3-5-14/h2-5,12H,6-11H2,1H3,(H,20,25). The van der Waals surface area contributed by atoms with E-state index in [2.05, 4.69) is 10.2 Å². The predicted octanol–water partition coefficient (Wildman–Crippen LogP) is 3.31. The lowest BCUT2D eigenvalue weighted by Gasteiger charge is -2.31. The SMILES string of the molecule is Cn1c(C2CCN(C(=O)CCOc3ccc(Cl)cc3)CC2)n[nH]c1=S. The number of aromatic amines is 1. The Hall–Kier alpha value is -1.86. The van der Waals surface area contributed by atoms with Crippen molar-refractivity contribution in [1.29, 1.82) is 0 Å². The molecule has 0 aliphatic carbocycles. The first kappa shape index (κ1) is 17.9. The number of nitrogens with zero attached hydrogens (tertiary/aromatic N) is 3. The molecule has 2 aromatic rings. The minimum Gasteiger partial charge on any atom is -0.493 e. The fourth-order valence-corrected chi connectivity index (χ4v) is 3.32. The number of piperidine rings is 1. The third kappa shape index (κ3) is 4.41. The molecule has 0 bridgehead atoms. The number of amides is 1. The van der Waals surface area contributed by atoms with E-state index in [1.807, 2.05) is 16.5 Å². The van der Waals surface area contributed by atoms with Gasteiger partial charge in [-0.15, -0.1) is 0 Å². The molecule has 6 nitrogen and oxygen atoms in total. The number of carbonyl (C=O) groups excluding carboxylic acids is 1. The zero-order valence-corrected chi connectivity index (χ0v) is 15.6. The van der Waals surface area contributed by atoms with Crippen LogP contribution in [0.25, 0.3) is 0 Å². The molecule has 1 amide bonds. The molecule has 8 heteroatoms. The molecular weight excluding hydrogens is 360 g/mol. The molecule has 0 saturated carbocycles. The van der Waals surface area contributed by atoms with E-state index in [0.29, 0.717) is 28.7 Å². The van der Waals surface area contributed by atoms with Crippen LogP contribution in [0.15, 0.2) is 24.3 Å². The summed E-state index contributed by atoms with van der Waals surface area (Å²) in [4.78, 5) is 14.2. The quantitative estimate of drug-likeness (QED) is 0.808. The fraction of sp³-hybridized carbons (Fsp3) is 0.471. The van der Waals surface area contributed by atoms with Gasteiger partial charge in [0.25, 0.3) is 0 Å². The molecule has 25 heavy (non-hydrogen) atoms. The first-order chi connectivity index (χ1) is 12.0. The molecule has 1 aromatic heterocycles. The maximum absolute atomic E-state index is 12.3. The average molecular weight is 381 g/mol. The van der Waals surface area contributed by atoms with Crippen LogP contribution in [-0.4, -0.2) is 45.3 Å². The van der Waals surface area contributed by atoms with Gasteiger partial charge in [-0.1, -0.05) is 11.6 Å². The zero-order valence-electron chi connectivity index (χ0n) is 14.1. The number of H-pyrrole nitrogens is 1. The second-order valence-electron chi connectivity index (χ2n) is 6.15. The summed E-state index contributed by atoms with van der Waals surface area (Å²) in [6, 6.07) is 7.14. The van der Waals surface area contributed by atoms with Crippen LogP contribution in [0, 0.1) is 4.77 Å². The Morgan fingerprint density at radius 1 is 1.36 bits per heavy atom. The molecular formula is C17H21ClN4O2S. The van der Waals surface area contributed by atoms with Crippen LogP contribution >= 0.6 is 23.8 Å². The van der Waals surface area contributed by atoms with E-state index in [4.69, 9.17) is 28.6 Å². The van der Waals surface area contributed by atoms with E-state index in [-0.39, 0.29) is 5.91 Å². The summed E-state index contributed by atoms with van der Waals surface area (Å²) in [7, 11) is 1.92. The Morgan fingerprint density at radius 3 is 2.64 bits per heavy atom. The minimum absolute atomic E-state index is 0.128. The second kappa shape index (κ2) is 8.01. The van der Waals surface area contributed by atoms with Gasteiger partial charge in [0, 0.05) is 31.1 Å². The molecule has 1 saturated heterocycles. The molecule has 134 valence electrons. The molecule has 1 aliphatic rings. The number of likely N-dealkylation sites (tertiary alicyclic amines) is 1. The van der Waals surface area contributed by atoms with E-state index < -0.39 is 0 Å². The van der Waals surface area contributed by atoms with Crippen LogP contribution in [0.5, 0.6) is 5.75 Å². The Balaban J connectivity index is 1.44. The van der Waals surface area contributed by atoms with Gasteiger partial charge in [-0.2, -0.15) is 5.10 Å². The number of rotatable bonds is 5. The largest absolute Gasteiger partial charge is 0.493 e. The Bertz CT molecular complexity index is 779. The predicted molar refractivity (Wildman–Crippen MR) is 98.5 cm³/mol. The van der Waals surface area contributed by atoms with Gasteiger partial charge in [0.15, 0.2) is 4.77 Å². The first-order valence-corrected chi connectivity index (χ1v) is 9.10. The number of hydrogen-bond donors (Lipinski definition) is 1. The summed E-state index contributed by atoms with van der Waals surface area (Å²) in [6.45, 7) is 1.85. The third-order valence-corrected chi connectivity index (χ3v) is 5.14. The van der Waals surface area contributed by atoms with Gasteiger partial charge in [-0.3, -0.25) is 9.89 Å². The van der Waals surface area contributed by atoms with Crippen molar-refractivity contribution >= 4 is 29.7 Å². The minimum atomic E-state index is 0.128. The summed E-state index contributed by atoms with van der Waals surface area (Å²) < 4.78 is 8.14. The molecule has 0 spiro atoms. The smallest absolute Gasteiger partial charge is 0.225 e. The molecule has 2 heterocycles. The lowest BCUT2D eigenvalue weighted by atomic mass is 9.96. The Morgan fingerprint density at radius 2 is 2.04 bits per heavy atom. The number of hydrogen-bond acceptors (Lipinski definition) is 4. The van der Waals surface area contributed by atoms with Gasteiger partial charge in [-0.05, 0) is 49.3 Å². The highest BCUT2D eigenvalue weighted by atomic mass is 35.5. The monoisotopic (exact) mass is 380 g/mol. The Labute approximate surface area is 156 Å². The van der Waals surface area contributed by atoms with E-state index in [1.54, 1.807) is 24.3 Å². The van der Waals surface area contributed by atoms with E-state index in [9.17, 15) is 4.79 Å². The highest BCUT2D eigenvalue weighted by molar-refractivity contribution is 7.71. The van der Waals surface area contributed by atoms with Crippen LogP contribution in [0.1, 0.15) is 31.0 Å². The fourth-order valence-electron chi connectivity index (χ4n) is 3.06. The maximum Gasteiger partial charge on any atom is 0.225 e. The van der Waals surface area contributed by atoms with Gasteiger partial charge in [0.2, 0.25) is 5.91 Å². The summed E-state index contributed by atoms with van der Waals surface area (Å²) in [5.41, 5.74) is 0. The van der Waals surface area contributed by atoms with Gasteiger partial charge in [0.1, 0.15) is 11.6 Å². The highest BCUT2D eigenvalue weighted by Gasteiger charge is 2.26. The highest BCUT2D eigenvalue weighted by Crippen LogP contribution is 2.26. The van der Waals surface area contributed by atoms with Crippen molar-refractivity contribution in [1.82, 2.24) is 19.7 Å². The van der Waals surface area contributed by atoms with Crippen LogP contribution in [0.2, 0.25) is 5.02 Å². The van der Waals surface area contributed by atoms with Crippen molar-refractivity contribution in [2.45, 2.75) is 25.2 Å². The third-order valence-electron chi connectivity index (χ3n) is 4.53. The molecule has 0 radical (unpaired) electrons. The lowest BCUT2D eigenvalue weighted by molar-refractivity contribution is -0.132. The lowest BCUT2D eigenvalue weighted by Crippen LogP contribution is -2.38. The number of ether oxygens (including phenoxy) is 1. The summed E-state index contributed by atoms with van der Waals surface area (Å²) in [6.07, 6.45) is 2.17. The average Bonchev–Trinajstić information content (AvgIpc) is 2.96. The molecule has 1 aromatic carbocycles. The molecule has 1 aliphatic heterocycles. The van der Waals surface area contributed by atoms with E-state index in [1.165, 1.54) is 0 Å². The first-order valence-electron chi connectivity index (χ1n) is 8.32. The summed E-state index contributed by atoms with van der Waals surface area (Å²) >= 11 is 11.0. The molecule has 1 fully saturated rings. The number of aromatic nitrogens is 3. The molecule has 0 unspecified atom stereocenters. The van der Waals surface area contributed by atoms with Crippen molar-refractivity contribution in [2.24, 2.45) is 7.05 Å². The number of halogens is 1. The van der Waals surface area contributed by atoms with Crippen molar-refractivity contribution in [3.05, 3.63) is 39.9 Å². The van der Waals surface area contributed by atoms with Gasteiger partial charge in [0.05, 0.1) is 13.0 Å². The molecule has 0 atom stereocenters. The van der Waals surface area contributed by atoms with Gasteiger partial charge in [-0.25, -0.2) is 0 Å². The summed E-state index contributed by atoms with van der Waals surface area (Å²) in [5.74, 6) is 2.17. The zero-order chi connectivity index (χ0) is 17.8. The number of nitrogens with one attached hydrogen (secondary N) is 1. The maximum atomic E-state index is 12.3. The van der Waals surface area contributed by atoms with Crippen molar-refractivity contribution in [3.63, 3.8) is 0 Å². The van der Waals surface area contributed by atoms with Crippen molar-refractivity contribution in [3.8, 4) is 5.75 Å². The van der Waals surface area contributed by atoms with Crippen molar-refractivity contribution in [2.75, 3.05) is 19.7 Å². The van der Waals surface area contributed by atoms with Crippen LogP contribution < -0.4 is 4.74 Å². The number of benzene rings is 1. The second-order valence-corrected chi connectivity index (χ2v) is 6.98. The van der Waals surface area contributed by atoms with Crippen molar-refractivity contribution < 1.29 is 9.53 Å². The van der Waals surface area contributed by atoms with Crippen LogP contribution in [0.3, 0.4) is 0 Å². The normalized spacial score (nSPS) is 15.4. The number of carbonyl (C=O) groups is 1. The van der Waals surface area contributed by atoms with Crippen LogP contribution in [-0.2, 0) is 11.8 Å². The molecule has 1 N–H and O–H groups in total. The van der Waals surface area contributed by atoms with Gasteiger partial charge >= 0.3 is 0 Å². The topological polar surface area (TPSA) is 63.1 Å². The van der Waals surface area contributed by atoms with E-state index >= 15 is 0 Å². The van der Waals surface area contributed by atoms with E-state index in [0.717, 1.165) is 37.5 Å². The molecule has 3 rings (SSSR count).